The third-order valence-corrected chi connectivity index (χ3v) is 4.42. The van der Waals surface area contributed by atoms with Crippen LogP contribution in [0.1, 0.15) is 44.0 Å². The molecule has 24 heavy (non-hydrogen) atoms. The smallest absolute Gasteiger partial charge is 0.253 e. The maximum Gasteiger partial charge on any atom is 0.253 e. The second kappa shape index (κ2) is 7.30. The minimum absolute atomic E-state index is 0.0705. The summed E-state index contributed by atoms with van der Waals surface area (Å²) < 4.78 is 14.2. The fourth-order valence-electron chi connectivity index (χ4n) is 2.87. The number of hydrogen-bond acceptors (Lipinski definition) is 3. The van der Waals surface area contributed by atoms with Crippen molar-refractivity contribution in [3.8, 4) is 0 Å². The molecular weight excluding hydrogens is 309 g/mol. The molecule has 1 aliphatic rings. The summed E-state index contributed by atoms with van der Waals surface area (Å²) in [7, 11) is 0. The van der Waals surface area contributed by atoms with Gasteiger partial charge in [0.1, 0.15) is 5.82 Å². The molecule has 0 spiro atoms. The lowest BCUT2D eigenvalue weighted by molar-refractivity contribution is -0.116. The molecule has 2 amide bonds. The number of carbonyl (C=O) groups excluding carboxylic acids is 2. The number of likely N-dealkylation sites (tertiary alicyclic amines) is 1. The Morgan fingerprint density at radius 1 is 1.42 bits per heavy atom. The molecule has 1 unspecified atom stereocenters. The summed E-state index contributed by atoms with van der Waals surface area (Å²) in [5.74, 6) is -0.841. The number of carbonyl (C=O) groups is 2. The van der Waals surface area contributed by atoms with Crippen molar-refractivity contribution < 1.29 is 14.0 Å². The largest absolute Gasteiger partial charge is 0.338 e. The van der Waals surface area contributed by atoms with E-state index in [0.717, 1.165) is 6.42 Å². The summed E-state index contributed by atoms with van der Waals surface area (Å²) in [6.07, 6.45) is 1.17. The van der Waals surface area contributed by atoms with Gasteiger partial charge in [0.15, 0.2) is 0 Å². The van der Waals surface area contributed by atoms with Gasteiger partial charge in [0.25, 0.3) is 5.91 Å². The van der Waals surface area contributed by atoms with Crippen molar-refractivity contribution in [3.63, 3.8) is 0 Å². The van der Waals surface area contributed by atoms with Crippen LogP contribution in [0.3, 0.4) is 0 Å². The minimum atomic E-state index is -0.598. The van der Waals surface area contributed by atoms with Crippen molar-refractivity contribution in [2.45, 2.75) is 33.6 Å². The van der Waals surface area contributed by atoms with E-state index < -0.39 is 5.82 Å². The molecule has 1 atom stereocenters. The predicted octanol–water partition coefficient (Wildman–Crippen LogP) is 2.62. The molecule has 1 aromatic rings. The van der Waals surface area contributed by atoms with Crippen molar-refractivity contribution >= 4 is 17.5 Å². The van der Waals surface area contributed by atoms with Crippen LogP contribution in [-0.2, 0) is 4.79 Å². The third kappa shape index (κ3) is 4.32. The summed E-state index contributed by atoms with van der Waals surface area (Å²) in [6.45, 7) is 7.61. The summed E-state index contributed by atoms with van der Waals surface area (Å²) in [5, 5.41) is 2.54. The normalized spacial score (nSPS) is 20.5. The van der Waals surface area contributed by atoms with Crippen LogP contribution in [0, 0.1) is 17.2 Å². The molecule has 1 saturated heterocycles. The fraction of sp³-hybridized carbons (Fsp3) is 0.556. The van der Waals surface area contributed by atoms with Gasteiger partial charge in [0, 0.05) is 25.1 Å². The van der Waals surface area contributed by atoms with Gasteiger partial charge in [-0.05, 0) is 42.5 Å². The molecule has 2 rings (SSSR count). The maximum absolute atomic E-state index is 14.2. The first kappa shape index (κ1) is 18.4. The zero-order valence-electron chi connectivity index (χ0n) is 14.6. The quantitative estimate of drug-likeness (QED) is 0.868. The molecule has 5 nitrogen and oxygen atoms in total. The number of nitrogens with zero attached hydrogens (tertiary/aromatic N) is 1. The summed E-state index contributed by atoms with van der Waals surface area (Å²) >= 11 is 0. The highest BCUT2D eigenvalue weighted by atomic mass is 19.1. The van der Waals surface area contributed by atoms with Gasteiger partial charge >= 0.3 is 0 Å². The van der Waals surface area contributed by atoms with E-state index in [9.17, 15) is 14.0 Å². The van der Waals surface area contributed by atoms with E-state index in [0.29, 0.717) is 26.1 Å². The van der Waals surface area contributed by atoms with E-state index in [1.807, 2.05) is 20.8 Å². The number of hydrogen-bond donors (Lipinski definition) is 2. The van der Waals surface area contributed by atoms with Crippen LogP contribution >= 0.6 is 0 Å². The van der Waals surface area contributed by atoms with Gasteiger partial charge in [-0.3, -0.25) is 9.59 Å². The van der Waals surface area contributed by atoms with Crippen molar-refractivity contribution in [1.82, 2.24) is 4.90 Å². The molecule has 1 aromatic carbocycles. The molecule has 0 bridgehead atoms. The number of nitrogens with one attached hydrogen (secondary N) is 1. The zero-order valence-corrected chi connectivity index (χ0v) is 14.6. The lowest BCUT2D eigenvalue weighted by atomic mass is 9.90. The molecule has 132 valence electrons. The molecule has 6 heteroatoms. The molecule has 0 aromatic heterocycles. The third-order valence-electron chi connectivity index (χ3n) is 4.42. The monoisotopic (exact) mass is 335 g/mol. The van der Waals surface area contributed by atoms with Crippen LogP contribution in [0.25, 0.3) is 0 Å². The van der Waals surface area contributed by atoms with Gasteiger partial charge in [-0.25, -0.2) is 4.39 Å². The molecule has 0 aliphatic carbocycles. The highest BCUT2D eigenvalue weighted by Gasteiger charge is 2.35. The number of nitrogens with two attached hydrogens (primary N) is 1. The highest BCUT2D eigenvalue weighted by Crippen LogP contribution is 2.30. The Balaban J connectivity index is 2.06. The molecule has 0 saturated carbocycles. The van der Waals surface area contributed by atoms with Crippen LogP contribution in [0.4, 0.5) is 10.1 Å². The summed E-state index contributed by atoms with van der Waals surface area (Å²) in [6, 6.07) is 4.18. The second-order valence-electron chi connectivity index (χ2n) is 7.33. The molecule has 1 aliphatic heterocycles. The van der Waals surface area contributed by atoms with Crippen LogP contribution in [-0.4, -0.2) is 36.3 Å². The summed E-state index contributed by atoms with van der Waals surface area (Å²) in [4.78, 5) is 26.0. The Morgan fingerprint density at radius 2 is 2.12 bits per heavy atom. The Kier molecular flexibility index (Phi) is 5.59. The molecule has 0 radical (unpaired) electrons. The number of halogens is 1. The van der Waals surface area contributed by atoms with Crippen LogP contribution in [0.5, 0.6) is 0 Å². The van der Waals surface area contributed by atoms with E-state index in [2.05, 4.69) is 5.32 Å². The second-order valence-corrected chi connectivity index (χ2v) is 7.33. The lowest BCUT2D eigenvalue weighted by Gasteiger charge is -2.22. The van der Waals surface area contributed by atoms with Crippen LogP contribution in [0.2, 0.25) is 0 Å². The first-order valence-corrected chi connectivity index (χ1v) is 8.33. The Morgan fingerprint density at radius 3 is 2.67 bits per heavy atom. The number of anilines is 1. The Hall–Kier alpha value is -1.95. The van der Waals surface area contributed by atoms with E-state index in [1.54, 1.807) is 11.0 Å². The van der Waals surface area contributed by atoms with Crippen molar-refractivity contribution in [1.29, 1.82) is 0 Å². The van der Waals surface area contributed by atoms with E-state index in [1.165, 1.54) is 12.1 Å². The Labute approximate surface area is 142 Å². The summed E-state index contributed by atoms with van der Waals surface area (Å²) in [5.41, 5.74) is 6.08. The average molecular weight is 335 g/mol. The number of benzene rings is 1. The Bertz CT molecular complexity index is 633. The van der Waals surface area contributed by atoms with E-state index in [-0.39, 0.29) is 34.4 Å². The lowest BCUT2D eigenvalue weighted by Crippen LogP contribution is -2.34. The van der Waals surface area contributed by atoms with Gasteiger partial charge in [0.2, 0.25) is 5.91 Å². The molecule has 1 fully saturated rings. The highest BCUT2D eigenvalue weighted by molar-refractivity contribution is 5.96. The van der Waals surface area contributed by atoms with Gasteiger partial charge < -0.3 is 16.0 Å². The standard InChI is InChI=1S/C18H26FN3O2/c1-12(2)8-16(23)21-15-5-4-13(9-14(15)19)17(24)22-7-6-18(3,10-20)11-22/h4-5,9,12H,6-8,10-11,20H2,1-3H3,(H,21,23). The van der Waals surface area contributed by atoms with E-state index in [4.69, 9.17) is 5.73 Å². The van der Waals surface area contributed by atoms with Gasteiger partial charge in [0.05, 0.1) is 5.69 Å². The van der Waals surface area contributed by atoms with Gasteiger partial charge in [-0.2, -0.15) is 0 Å². The SMILES string of the molecule is CC(C)CC(=O)Nc1ccc(C(=O)N2CCC(C)(CN)C2)cc1F. The average Bonchev–Trinajstić information content (AvgIpc) is 2.91. The van der Waals surface area contributed by atoms with Gasteiger partial charge in [-0.1, -0.05) is 20.8 Å². The number of amides is 2. The zero-order chi connectivity index (χ0) is 17.9. The van der Waals surface area contributed by atoms with Gasteiger partial charge in [-0.15, -0.1) is 0 Å². The van der Waals surface area contributed by atoms with Crippen molar-refractivity contribution in [2.24, 2.45) is 17.1 Å². The fourth-order valence-corrected chi connectivity index (χ4v) is 2.87. The molecule has 1 heterocycles. The maximum atomic E-state index is 14.2. The number of rotatable bonds is 5. The predicted molar refractivity (Wildman–Crippen MR) is 92.2 cm³/mol. The topological polar surface area (TPSA) is 75.4 Å². The van der Waals surface area contributed by atoms with Crippen molar-refractivity contribution in [2.75, 3.05) is 25.0 Å². The minimum Gasteiger partial charge on any atom is -0.338 e. The molecular formula is C18H26FN3O2. The first-order valence-electron chi connectivity index (χ1n) is 8.33. The van der Waals surface area contributed by atoms with Crippen molar-refractivity contribution in [3.05, 3.63) is 29.6 Å². The molecule has 3 N–H and O–H groups in total. The first-order chi connectivity index (χ1) is 11.2. The van der Waals surface area contributed by atoms with Crippen LogP contribution < -0.4 is 11.1 Å². The van der Waals surface area contributed by atoms with E-state index >= 15 is 0 Å². The van der Waals surface area contributed by atoms with Crippen LogP contribution in [0.15, 0.2) is 18.2 Å².